The Labute approximate surface area is 115 Å². The van der Waals surface area contributed by atoms with Gasteiger partial charge in [-0.2, -0.15) is 0 Å². The molecule has 1 amide bonds. The predicted molar refractivity (Wildman–Crippen MR) is 73.9 cm³/mol. The normalized spacial score (nSPS) is 15.9. The third-order valence-electron chi connectivity index (χ3n) is 3.46. The molecule has 0 atom stereocenters. The predicted octanol–water partition coefficient (Wildman–Crippen LogP) is 4.50. The molecule has 0 unspecified atom stereocenters. The summed E-state index contributed by atoms with van der Waals surface area (Å²) in [5.41, 5.74) is 0.506. The van der Waals surface area contributed by atoms with E-state index in [4.69, 9.17) is 0 Å². The van der Waals surface area contributed by atoms with Crippen molar-refractivity contribution < 1.29 is 9.18 Å². The molecule has 2 nitrogen and oxygen atoms in total. The average Bonchev–Trinajstić information content (AvgIpc) is 2.84. The molecule has 98 valence electrons. The van der Waals surface area contributed by atoms with Crippen molar-refractivity contribution in [2.24, 2.45) is 5.92 Å². The summed E-state index contributed by atoms with van der Waals surface area (Å²) < 4.78 is 13.8. The van der Waals surface area contributed by atoms with Crippen molar-refractivity contribution >= 4 is 27.5 Å². The summed E-state index contributed by atoms with van der Waals surface area (Å²) in [6, 6.07) is 4.29. The van der Waals surface area contributed by atoms with Crippen molar-refractivity contribution in [1.29, 1.82) is 0 Å². The molecule has 1 fully saturated rings. The van der Waals surface area contributed by atoms with Gasteiger partial charge in [0.2, 0.25) is 5.91 Å². The van der Waals surface area contributed by atoms with Crippen LogP contribution in [0.2, 0.25) is 0 Å². The lowest BCUT2D eigenvalue weighted by Gasteiger charge is -2.10. The summed E-state index contributed by atoms with van der Waals surface area (Å²) in [5.74, 6) is 0.323. The third-order valence-corrected chi connectivity index (χ3v) is 4.15. The average molecular weight is 314 g/mol. The summed E-state index contributed by atoms with van der Waals surface area (Å²) in [4.78, 5) is 11.8. The number of benzene rings is 1. The first-order valence-electron chi connectivity index (χ1n) is 6.40. The van der Waals surface area contributed by atoms with Crippen LogP contribution in [0.3, 0.4) is 0 Å². The maximum atomic E-state index is 13.1. The van der Waals surface area contributed by atoms with Crippen LogP contribution in [0.25, 0.3) is 0 Å². The van der Waals surface area contributed by atoms with Gasteiger partial charge in [0, 0.05) is 10.9 Å². The van der Waals surface area contributed by atoms with Crippen LogP contribution in [0.5, 0.6) is 0 Å². The Balaban J connectivity index is 1.84. The zero-order valence-corrected chi connectivity index (χ0v) is 11.8. The third kappa shape index (κ3) is 3.80. The van der Waals surface area contributed by atoms with Crippen LogP contribution in [-0.4, -0.2) is 5.91 Å². The number of carbonyl (C=O) groups excluding carboxylic acids is 1. The van der Waals surface area contributed by atoms with Crippen LogP contribution in [0, 0.1) is 11.7 Å². The largest absolute Gasteiger partial charge is 0.325 e. The minimum Gasteiger partial charge on any atom is -0.325 e. The summed E-state index contributed by atoms with van der Waals surface area (Å²) in [7, 11) is 0. The highest BCUT2D eigenvalue weighted by Gasteiger charge is 2.16. The first-order chi connectivity index (χ1) is 8.65. The molecule has 18 heavy (non-hydrogen) atoms. The van der Waals surface area contributed by atoms with Gasteiger partial charge in [-0.15, -0.1) is 0 Å². The topological polar surface area (TPSA) is 29.1 Å². The second kappa shape index (κ2) is 6.32. The molecule has 0 saturated heterocycles. The van der Waals surface area contributed by atoms with Gasteiger partial charge in [-0.3, -0.25) is 4.79 Å². The van der Waals surface area contributed by atoms with Gasteiger partial charge < -0.3 is 5.32 Å². The number of hydrogen-bond acceptors (Lipinski definition) is 1. The Bertz CT molecular complexity index is 430. The Morgan fingerprint density at radius 2 is 2.11 bits per heavy atom. The zero-order valence-electron chi connectivity index (χ0n) is 10.2. The molecule has 4 heteroatoms. The molecule has 0 aliphatic heterocycles. The minimum atomic E-state index is -0.343. The van der Waals surface area contributed by atoms with Crippen molar-refractivity contribution in [2.45, 2.75) is 38.5 Å². The van der Waals surface area contributed by atoms with Crippen LogP contribution >= 0.6 is 15.9 Å². The van der Waals surface area contributed by atoms with E-state index in [0.717, 1.165) is 6.42 Å². The van der Waals surface area contributed by atoms with Gasteiger partial charge in [-0.05, 0) is 46.5 Å². The van der Waals surface area contributed by atoms with E-state index in [0.29, 0.717) is 22.5 Å². The zero-order chi connectivity index (χ0) is 13.0. The summed E-state index contributed by atoms with van der Waals surface area (Å²) in [6.45, 7) is 0. The molecule has 0 radical (unpaired) electrons. The van der Waals surface area contributed by atoms with Gasteiger partial charge >= 0.3 is 0 Å². The highest BCUT2D eigenvalue weighted by molar-refractivity contribution is 9.10. The van der Waals surface area contributed by atoms with E-state index in [1.54, 1.807) is 6.07 Å². The van der Waals surface area contributed by atoms with E-state index in [1.165, 1.54) is 37.8 Å². The monoisotopic (exact) mass is 313 g/mol. The number of carbonyl (C=O) groups is 1. The number of halogens is 2. The van der Waals surface area contributed by atoms with Gasteiger partial charge in [0.05, 0.1) is 5.69 Å². The maximum absolute atomic E-state index is 13.1. The van der Waals surface area contributed by atoms with Gasteiger partial charge in [0.25, 0.3) is 0 Å². The molecule has 1 N–H and O–H groups in total. The standard InChI is InChI=1S/C14H17BrFNO/c15-12-7-6-11(16)9-13(12)17-14(18)8-5-10-3-1-2-4-10/h6-7,9-10H,1-5,8H2,(H,17,18). The molecular weight excluding hydrogens is 297 g/mol. The maximum Gasteiger partial charge on any atom is 0.224 e. The second-order valence-electron chi connectivity index (χ2n) is 4.86. The lowest BCUT2D eigenvalue weighted by molar-refractivity contribution is -0.116. The molecule has 1 saturated carbocycles. The smallest absolute Gasteiger partial charge is 0.224 e. The SMILES string of the molecule is O=C(CCC1CCCC1)Nc1cc(F)ccc1Br. The number of anilines is 1. The summed E-state index contributed by atoms with van der Waals surface area (Å²) in [5, 5.41) is 2.75. The first-order valence-corrected chi connectivity index (χ1v) is 7.19. The van der Waals surface area contributed by atoms with E-state index in [1.807, 2.05) is 0 Å². The quantitative estimate of drug-likeness (QED) is 0.871. The number of hydrogen-bond donors (Lipinski definition) is 1. The van der Waals surface area contributed by atoms with Gasteiger partial charge in [0.1, 0.15) is 5.82 Å². The van der Waals surface area contributed by atoms with Crippen molar-refractivity contribution in [3.8, 4) is 0 Å². The molecule has 0 heterocycles. The van der Waals surface area contributed by atoms with E-state index >= 15 is 0 Å². The highest BCUT2D eigenvalue weighted by atomic mass is 79.9. The Morgan fingerprint density at radius 3 is 2.83 bits per heavy atom. The van der Waals surface area contributed by atoms with Crippen LogP contribution in [-0.2, 0) is 4.79 Å². The van der Waals surface area contributed by atoms with E-state index in [-0.39, 0.29) is 11.7 Å². The molecule has 1 aliphatic carbocycles. The Hall–Kier alpha value is -0.900. The minimum absolute atomic E-state index is 0.0341. The van der Waals surface area contributed by atoms with Crippen molar-refractivity contribution in [1.82, 2.24) is 0 Å². The number of rotatable bonds is 4. The molecule has 1 aromatic carbocycles. The Kier molecular flexibility index (Phi) is 4.75. The van der Waals surface area contributed by atoms with Gasteiger partial charge in [-0.1, -0.05) is 25.7 Å². The molecule has 1 aliphatic rings. The number of nitrogens with one attached hydrogen (secondary N) is 1. The molecule has 0 aromatic heterocycles. The molecule has 2 rings (SSSR count). The second-order valence-corrected chi connectivity index (χ2v) is 5.72. The summed E-state index contributed by atoms with van der Waals surface area (Å²) in [6.07, 6.45) is 6.55. The first kappa shape index (κ1) is 13.5. The lowest BCUT2D eigenvalue weighted by atomic mass is 10.0. The van der Waals surface area contributed by atoms with Crippen molar-refractivity contribution in [2.75, 3.05) is 5.32 Å². The fourth-order valence-electron chi connectivity index (χ4n) is 2.44. The van der Waals surface area contributed by atoms with Gasteiger partial charge in [0.15, 0.2) is 0 Å². The van der Waals surface area contributed by atoms with Crippen molar-refractivity contribution in [3.05, 3.63) is 28.5 Å². The van der Waals surface area contributed by atoms with Crippen LogP contribution < -0.4 is 5.32 Å². The van der Waals surface area contributed by atoms with Crippen molar-refractivity contribution in [3.63, 3.8) is 0 Å². The van der Waals surface area contributed by atoms with Crippen LogP contribution in [0.15, 0.2) is 22.7 Å². The highest BCUT2D eigenvalue weighted by Crippen LogP contribution is 2.29. The molecular formula is C14H17BrFNO. The van der Waals surface area contributed by atoms with E-state index in [9.17, 15) is 9.18 Å². The van der Waals surface area contributed by atoms with Crippen LogP contribution in [0.4, 0.5) is 10.1 Å². The van der Waals surface area contributed by atoms with E-state index < -0.39 is 0 Å². The molecule has 0 spiro atoms. The summed E-state index contributed by atoms with van der Waals surface area (Å²) >= 11 is 3.29. The Morgan fingerprint density at radius 1 is 1.39 bits per heavy atom. The lowest BCUT2D eigenvalue weighted by Crippen LogP contribution is -2.13. The fraction of sp³-hybridized carbons (Fsp3) is 0.500. The van der Waals surface area contributed by atoms with E-state index in [2.05, 4.69) is 21.2 Å². The molecule has 0 bridgehead atoms. The number of amides is 1. The van der Waals surface area contributed by atoms with Crippen LogP contribution in [0.1, 0.15) is 38.5 Å². The molecule has 1 aromatic rings. The fourth-order valence-corrected chi connectivity index (χ4v) is 2.79. The van der Waals surface area contributed by atoms with Gasteiger partial charge in [-0.25, -0.2) is 4.39 Å².